The number of unbranched alkanes of at least 4 members (excludes halogenated alkanes) is 25. The minimum Gasteiger partial charge on any atom is -0.462 e. The highest BCUT2D eigenvalue weighted by Gasteiger charge is 2.47. The summed E-state index contributed by atoms with van der Waals surface area (Å²) in [6, 6.07) is 0. The summed E-state index contributed by atoms with van der Waals surface area (Å²) in [4.78, 5) is 25.9. The van der Waals surface area contributed by atoms with Crippen molar-refractivity contribution in [1.82, 2.24) is 0 Å². The number of aliphatic hydroxyl groups excluding tert-OH is 7. The van der Waals surface area contributed by atoms with Crippen molar-refractivity contribution in [2.45, 2.75) is 287 Å². The molecule has 0 aromatic heterocycles. The van der Waals surface area contributed by atoms with Gasteiger partial charge in [-0.2, -0.15) is 0 Å². The lowest BCUT2D eigenvalue weighted by atomic mass is 9.98. The second kappa shape index (κ2) is 43.9. The first-order valence-electron chi connectivity index (χ1n) is 28.6. The summed E-state index contributed by atoms with van der Waals surface area (Å²) in [5, 5.41) is 72.2. The zero-order valence-electron chi connectivity index (χ0n) is 44.7. The fourth-order valence-corrected chi connectivity index (χ4v) is 8.93. The maximum absolute atomic E-state index is 13.1. The number of hydrogen-bond acceptors (Lipinski definition) is 15. The van der Waals surface area contributed by atoms with Crippen molar-refractivity contribution in [1.29, 1.82) is 0 Å². The van der Waals surface area contributed by atoms with E-state index in [1.54, 1.807) is 0 Å². The molecule has 11 unspecified atom stereocenters. The Hall–Kier alpha value is -2.28. The van der Waals surface area contributed by atoms with Crippen molar-refractivity contribution >= 4 is 11.9 Å². The van der Waals surface area contributed by atoms with Crippen LogP contribution in [0.25, 0.3) is 0 Å². The number of carbonyl (C=O) groups excluding carboxylic acids is 2. The quantitative estimate of drug-likeness (QED) is 0.0171. The Kier molecular flexibility index (Phi) is 40.1. The lowest BCUT2D eigenvalue weighted by Crippen LogP contribution is -2.61. The third-order valence-electron chi connectivity index (χ3n) is 13.6. The number of aliphatic hydroxyl groups is 7. The largest absolute Gasteiger partial charge is 0.462 e. The van der Waals surface area contributed by atoms with Crippen LogP contribution in [-0.2, 0) is 38.0 Å². The standard InChI is InChI=1S/C57H102O15/c1-3-5-7-9-11-13-15-17-19-21-22-24-26-28-30-32-34-36-38-40-49(60)70-45(42-67-48(59)39-37-35-33-31-29-27-25-23-20-18-16-14-12-10-8-6-4-2)43-68-56-55(66)53(64)51(62)47(72-56)44-69-57-54(65)52(63)50(61)46(41-58)71-57/h11,13,17,19,22,24,45-47,50-58,61-66H,3-10,12,14-16,18,20-21,23,25-44H2,1-2H3/b13-11-,19-17-,24-22-. The van der Waals surface area contributed by atoms with E-state index in [1.165, 1.54) is 109 Å². The van der Waals surface area contributed by atoms with Gasteiger partial charge >= 0.3 is 11.9 Å². The number of esters is 2. The molecule has 2 aliphatic heterocycles. The SMILES string of the molecule is CCCCC/C=C\C/C=C\C/C=C\CCCCCCCCC(=O)OC(COC(=O)CCCCCCCCCCCCCCCCCCC)COC1OC(COC2OC(CO)C(O)C(O)C2O)C(O)C(O)C1O. The van der Waals surface area contributed by atoms with Gasteiger partial charge in [0.25, 0.3) is 0 Å². The van der Waals surface area contributed by atoms with Crippen molar-refractivity contribution < 1.29 is 73.8 Å². The molecule has 0 aromatic carbocycles. The van der Waals surface area contributed by atoms with Crippen LogP contribution < -0.4 is 0 Å². The minimum atomic E-state index is -1.77. The molecule has 420 valence electrons. The summed E-state index contributed by atoms with van der Waals surface area (Å²) in [6.07, 6.45) is 31.6. The third-order valence-corrected chi connectivity index (χ3v) is 13.6. The lowest BCUT2D eigenvalue weighted by molar-refractivity contribution is -0.332. The smallest absolute Gasteiger partial charge is 0.306 e. The predicted molar refractivity (Wildman–Crippen MR) is 280 cm³/mol. The zero-order chi connectivity index (χ0) is 52.4. The number of hydrogen-bond donors (Lipinski definition) is 7. The van der Waals surface area contributed by atoms with Crippen LogP contribution in [0.5, 0.6) is 0 Å². The summed E-state index contributed by atoms with van der Waals surface area (Å²) < 4.78 is 33.7. The molecular formula is C57H102O15. The molecule has 11 atom stereocenters. The fourth-order valence-electron chi connectivity index (χ4n) is 8.93. The molecule has 15 heteroatoms. The molecule has 2 aliphatic rings. The van der Waals surface area contributed by atoms with Crippen molar-refractivity contribution in [3.8, 4) is 0 Å². The molecule has 0 bridgehead atoms. The van der Waals surface area contributed by atoms with Crippen LogP contribution in [0.1, 0.15) is 219 Å². The summed E-state index contributed by atoms with van der Waals surface area (Å²) in [7, 11) is 0. The first-order valence-corrected chi connectivity index (χ1v) is 28.6. The average Bonchev–Trinajstić information content (AvgIpc) is 3.37. The van der Waals surface area contributed by atoms with E-state index in [1.807, 2.05) is 0 Å². The van der Waals surface area contributed by atoms with Gasteiger partial charge in [-0.25, -0.2) is 0 Å². The van der Waals surface area contributed by atoms with Crippen LogP contribution in [0.15, 0.2) is 36.5 Å². The van der Waals surface area contributed by atoms with Gasteiger partial charge in [0, 0.05) is 12.8 Å². The van der Waals surface area contributed by atoms with Gasteiger partial charge in [-0.15, -0.1) is 0 Å². The number of carbonyl (C=O) groups is 2. The van der Waals surface area contributed by atoms with Gasteiger partial charge in [0.05, 0.1) is 19.8 Å². The van der Waals surface area contributed by atoms with Crippen LogP contribution in [-0.4, -0.2) is 142 Å². The first-order chi connectivity index (χ1) is 35.0. The van der Waals surface area contributed by atoms with Gasteiger partial charge in [0.15, 0.2) is 18.7 Å². The topological polar surface area (TPSA) is 231 Å². The van der Waals surface area contributed by atoms with E-state index in [0.29, 0.717) is 12.8 Å². The fraction of sp³-hybridized carbons (Fsp3) is 0.860. The van der Waals surface area contributed by atoms with Gasteiger partial charge in [0.1, 0.15) is 55.4 Å². The van der Waals surface area contributed by atoms with Crippen LogP contribution in [0.4, 0.5) is 0 Å². The monoisotopic (exact) mass is 1030 g/mol. The van der Waals surface area contributed by atoms with E-state index < -0.39 is 92.7 Å². The van der Waals surface area contributed by atoms with Crippen molar-refractivity contribution in [3.63, 3.8) is 0 Å². The van der Waals surface area contributed by atoms with Gasteiger partial charge in [-0.05, 0) is 51.4 Å². The predicted octanol–water partition coefficient (Wildman–Crippen LogP) is 9.27. The molecule has 0 aromatic rings. The van der Waals surface area contributed by atoms with Gasteiger partial charge in [-0.1, -0.05) is 192 Å². The second-order valence-corrected chi connectivity index (χ2v) is 20.1. The van der Waals surface area contributed by atoms with Crippen molar-refractivity contribution in [3.05, 3.63) is 36.5 Å². The highest BCUT2D eigenvalue weighted by atomic mass is 16.7. The van der Waals surface area contributed by atoms with E-state index in [0.717, 1.165) is 70.6 Å². The van der Waals surface area contributed by atoms with Crippen LogP contribution >= 0.6 is 0 Å². The van der Waals surface area contributed by atoms with Crippen molar-refractivity contribution in [2.24, 2.45) is 0 Å². The summed E-state index contributed by atoms with van der Waals surface area (Å²) in [6.45, 7) is 2.58. The van der Waals surface area contributed by atoms with E-state index in [-0.39, 0.29) is 26.1 Å². The molecule has 0 spiro atoms. The van der Waals surface area contributed by atoms with Crippen LogP contribution in [0.3, 0.4) is 0 Å². The normalized spacial score (nSPS) is 25.2. The molecule has 0 saturated carbocycles. The minimum absolute atomic E-state index is 0.152. The van der Waals surface area contributed by atoms with Crippen LogP contribution in [0, 0.1) is 0 Å². The Bertz CT molecular complexity index is 1390. The average molecular weight is 1030 g/mol. The summed E-state index contributed by atoms with van der Waals surface area (Å²) in [5.74, 6) is -0.930. The molecule has 2 rings (SSSR count). The van der Waals surface area contributed by atoms with Gasteiger partial charge in [-0.3, -0.25) is 9.59 Å². The van der Waals surface area contributed by atoms with Crippen molar-refractivity contribution in [2.75, 3.05) is 26.4 Å². The third kappa shape index (κ3) is 30.9. The first kappa shape index (κ1) is 65.8. The lowest BCUT2D eigenvalue weighted by Gasteiger charge is -2.42. The highest BCUT2D eigenvalue weighted by molar-refractivity contribution is 5.70. The molecule has 2 fully saturated rings. The Labute approximate surface area is 434 Å². The maximum atomic E-state index is 13.1. The molecule has 72 heavy (non-hydrogen) atoms. The number of allylic oxidation sites excluding steroid dienone is 6. The Morgan fingerprint density at radius 1 is 0.444 bits per heavy atom. The molecule has 2 heterocycles. The molecule has 15 nitrogen and oxygen atoms in total. The zero-order valence-corrected chi connectivity index (χ0v) is 44.7. The summed E-state index contributed by atoms with van der Waals surface area (Å²) in [5.41, 5.74) is 0. The molecule has 7 N–H and O–H groups in total. The molecule has 0 amide bonds. The summed E-state index contributed by atoms with van der Waals surface area (Å²) >= 11 is 0. The number of ether oxygens (including phenoxy) is 6. The molecular weight excluding hydrogens is 925 g/mol. The maximum Gasteiger partial charge on any atom is 0.306 e. The molecule has 0 aliphatic carbocycles. The van der Waals surface area contributed by atoms with Gasteiger partial charge in [0.2, 0.25) is 0 Å². The highest BCUT2D eigenvalue weighted by Crippen LogP contribution is 2.27. The Morgan fingerprint density at radius 3 is 1.33 bits per heavy atom. The van der Waals surface area contributed by atoms with E-state index >= 15 is 0 Å². The van der Waals surface area contributed by atoms with Gasteiger partial charge < -0.3 is 64.2 Å². The second-order valence-electron chi connectivity index (χ2n) is 20.1. The molecule has 0 radical (unpaired) electrons. The molecule has 2 saturated heterocycles. The van der Waals surface area contributed by atoms with E-state index in [2.05, 4.69) is 50.3 Å². The Balaban J connectivity index is 1.77. The number of rotatable bonds is 45. The Morgan fingerprint density at radius 2 is 0.833 bits per heavy atom. The van der Waals surface area contributed by atoms with E-state index in [9.17, 15) is 45.3 Å². The van der Waals surface area contributed by atoms with E-state index in [4.69, 9.17) is 28.4 Å². The van der Waals surface area contributed by atoms with Crippen LogP contribution in [0.2, 0.25) is 0 Å².